The summed E-state index contributed by atoms with van der Waals surface area (Å²) in [7, 11) is 1.26. The summed E-state index contributed by atoms with van der Waals surface area (Å²) in [6.07, 6.45) is 0.265. The Hall–Kier alpha value is -4.30. The first-order chi connectivity index (χ1) is 20.1. The molecule has 3 rings (SSSR count). The third kappa shape index (κ3) is 8.36. The predicted octanol–water partition coefficient (Wildman–Crippen LogP) is 3.29. The Labute approximate surface area is 251 Å². The molecular formula is C28H33BrN4O9. The first kappa shape index (κ1) is 32.2. The maximum Gasteiger partial charge on any atom is 0.337 e. The molecule has 4 N–H and O–H groups in total. The lowest BCUT2D eigenvalue weighted by atomic mass is 9.95. The number of carbonyl (C=O) groups is 3. The van der Waals surface area contributed by atoms with Crippen LogP contribution in [0, 0.1) is 0 Å². The Bertz CT molecular complexity index is 1380. The zero-order chi connectivity index (χ0) is 30.8. The van der Waals surface area contributed by atoms with E-state index in [0.29, 0.717) is 51.8 Å². The Kier molecular flexibility index (Phi) is 11.6. The second-order valence-electron chi connectivity index (χ2n) is 8.77. The maximum atomic E-state index is 12.4. The molecule has 2 amide bonds. The summed E-state index contributed by atoms with van der Waals surface area (Å²) in [6, 6.07) is 7.03. The van der Waals surface area contributed by atoms with Gasteiger partial charge in [-0.3, -0.25) is 10.2 Å². The molecule has 1 aliphatic rings. The standard InChI is InChI=1S/C28H33BrN4O9/c1-6-39-21-12-18(25-24(27(36)38-5)15(3)31-28(37)32-25)8-9-20(21)41-14-23(35)33-30-13-17-10-19(29)26(42-16(4)34)22(11-17)40-7-2/h8-13,23,25,33,35H,6-7,14H2,1-5H3,(H2,31,32,37)/b30-13+/t23-,25+/m1/s1. The molecule has 0 saturated carbocycles. The average molecular weight is 649 g/mol. The number of aliphatic hydroxyl groups is 1. The van der Waals surface area contributed by atoms with E-state index in [9.17, 15) is 19.5 Å². The van der Waals surface area contributed by atoms with Gasteiger partial charge in [0.2, 0.25) is 0 Å². The van der Waals surface area contributed by atoms with Crippen LogP contribution in [0.4, 0.5) is 4.79 Å². The molecule has 0 bridgehead atoms. The lowest BCUT2D eigenvalue weighted by molar-refractivity contribution is -0.136. The highest BCUT2D eigenvalue weighted by Gasteiger charge is 2.32. The van der Waals surface area contributed by atoms with E-state index in [2.05, 4.69) is 37.1 Å². The van der Waals surface area contributed by atoms with Gasteiger partial charge in [0, 0.05) is 12.6 Å². The molecule has 13 nitrogen and oxygen atoms in total. The van der Waals surface area contributed by atoms with Gasteiger partial charge in [0.25, 0.3) is 0 Å². The molecule has 0 aliphatic carbocycles. The summed E-state index contributed by atoms with van der Waals surface area (Å²) in [5, 5.41) is 19.7. The molecule has 226 valence electrons. The Balaban J connectivity index is 1.70. The normalized spacial score (nSPS) is 15.4. The number of nitrogens with one attached hydrogen (secondary N) is 3. The van der Waals surface area contributed by atoms with Crippen molar-refractivity contribution in [3.63, 3.8) is 0 Å². The lowest BCUT2D eigenvalue weighted by Gasteiger charge is -2.28. The molecule has 2 aromatic carbocycles. The number of allylic oxidation sites excluding steroid dienone is 1. The largest absolute Gasteiger partial charge is 0.490 e. The summed E-state index contributed by atoms with van der Waals surface area (Å²) in [5.41, 5.74) is 4.39. The summed E-state index contributed by atoms with van der Waals surface area (Å²) < 4.78 is 27.7. The second-order valence-corrected chi connectivity index (χ2v) is 9.63. The predicted molar refractivity (Wildman–Crippen MR) is 156 cm³/mol. The topological polar surface area (TPSA) is 166 Å². The van der Waals surface area contributed by atoms with E-state index < -0.39 is 30.2 Å². The van der Waals surface area contributed by atoms with Crippen molar-refractivity contribution in [3.05, 3.63) is 57.2 Å². The van der Waals surface area contributed by atoms with Crippen molar-refractivity contribution >= 4 is 40.1 Å². The lowest BCUT2D eigenvalue weighted by Crippen LogP contribution is -2.45. The SMILES string of the molecule is CCOc1cc([C@@H]2NC(=O)NC(C)=C2C(=O)OC)ccc1OC[C@@H](O)N/N=C/c1cc(Br)c(OC(C)=O)c(OCC)c1. The highest BCUT2D eigenvalue weighted by molar-refractivity contribution is 9.10. The maximum absolute atomic E-state index is 12.4. The van der Waals surface area contributed by atoms with Gasteiger partial charge in [-0.2, -0.15) is 5.10 Å². The molecule has 0 radical (unpaired) electrons. The first-order valence-corrected chi connectivity index (χ1v) is 13.7. The zero-order valence-corrected chi connectivity index (χ0v) is 25.4. The van der Waals surface area contributed by atoms with Crippen molar-refractivity contribution in [2.24, 2.45) is 5.10 Å². The molecule has 1 aliphatic heterocycles. The van der Waals surface area contributed by atoms with E-state index in [4.69, 9.17) is 23.7 Å². The van der Waals surface area contributed by atoms with Gasteiger partial charge in [-0.15, -0.1) is 0 Å². The van der Waals surface area contributed by atoms with E-state index in [0.717, 1.165) is 0 Å². The van der Waals surface area contributed by atoms with Crippen molar-refractivity contribution in [1.82, 2.24) is 16.1 Å². The third-order valence-corrected chi connectivity index (χ3v) is 6.28. The molecule has 0 aromatic heterocycles. The van der Waals surface area contributed by atoms with Crippen LogP contribution in [-0.4, -0.2) is 62.4 Å². The van der Waals surface area contributed by atoms with Gasteiger partial charge in [-0.1, -0.05) is 6.07 Å². The fourth-order valence-electron chi connectivity index (χ4n) is 3.99. The monoisotopic (exact) mass is 648 g/mol. The minimum Gasteiger partial charge on any atom is -0.490 e. The fourth-order valence-corrected chi connectivity index (χ4v) is 4.53. The van der Waals surface area contributed by atoms with Gasteiger partial charge >= 0.3 is 18.0 Å². The molecule has 0 fully saturated rings. The molecule has 2 atom stereocenters. The van der Waals surface area contributed by atoms with Gasteiger partial charge < -0.3 is 39.4 Å². The molecule has 2 aromatic rings. The van der Waals surface area contributed by atoms with Crippen LogP contribution < -0.4 is 35.0 Å². The molecule has 1 heterocycles. The number of hydrogen-bond acceptors (Lipinski definition) is 11. The summed E-state index contributed by atoms with van der Waals surface area (Å²) in [5.74, 6) is 0.224. The van der Waals surface area contributed by atoms with Crippen molar-refractivity contribution in [1.29, 1.82) is 0 Å². The van der Waals surface area contributed by atoms with Gasteiger partial charge in [0.1, 0.15) is 6.61 Å². The third-order valence-electron chi connectivity index (χ3n) is 5.69. The number of hydrogen-bond donors (Lipinski definition) is 4. The van der Waals surface area contributed by atoms with Gasteiger partial charge in [0.15, 0.2) is 29.2 Å². The van der Waals surface area contributed by atoms with E-state index in [1.807, 2.05) is 0 Å². The fraction of sp³-hybridized carbons (Fsp3) is 0.357. The van der Waals surface area contributed by atoms with E-state index in [-0.39, 0.29) is 17.9 Å². The number of halogens is 1. The average Bonchev–Trinajstić information content (AvgIpc) is 2.93. The molecule has 14 heteroatoms. The molecule has 0 saturated heterocycles. The molecule has 0 spiro atoms. The molecule has 0 unspecified atom stereocenters. The van der Waals surface area contributed by atoms with Gasteiger partial charge in [-0.25, -0.2) is 9.59 Å². The number of amides is 2. The summed E-state index contributed by atoms with van der Waals surface area (Å²) >= 11 is 3.37. The number of esters is 2. The number of methoxy groups -OCH3 is 1. The van der Waals surface area contributed by atoms with Crippen LogP contribution in [-0.2, 0) is 14.3 Å². The van der Waals surface area contributed by atoms with Crippen LogP contribution in [0.15, 0.2) is 51.2 Å². The minimum absolute atomic E-state index is 0.188. The van der Waals surface area contributed by atoms with Crippen LogP contribution in [0.5, 0.6) is 23.0 Å². The summed E-state index contributed by atoms with van der Waals surface area (Å²) in [4.78, 5) is 36.0. The number of rotatable bonds is 13. The van der Waals surface area contributed by atoms with Crippen LogP contribution in [0.3, 0.4) is 0 Å². The second kappa shape index (κ2) is 15.1. The van der Waals surface area contributed by atoms with Crippen LogP contribution in [0.2, 0.25) is 0 Å². The number of ether oxygens (including phenoxy) is 5. The van der Waals surface area contributed by atoms with Crippen LogP contribution in [0.1, 0.15) is 44.9 Å². The number of urea groups is 1. The van der Waals surface area contributed by atoms with Crippen molar-refractivity contribution in [2.75, 3.05) is 26.9 Å². The first-order valence-electron chi connectivity index (χ1n) is 12.9. The Morgan fingerprint density at radius 2 is 1.83 bits per heavy atom. The number of aliphatic hydroxyl groups excluding tert-OH is 1. The van der Waals surface area contributed by atoms with Crippen molar-refractivity contribution in [2.45, 2.75) is 40.0 Å². The van der Waals surface area contributed by atoms with Gasteiger partial charge in [-0.05, 0) is 72.1 Å². The van der Waals surface area contributed by atoms with E-state index in [1.54, 1.807) is 51.1 Å². The summed E-state index contributed by atoms with van der Waals surface area (Å²) in [6.45, 7) is 7.00. The van der Waals surface area contributed by atoms with Crippen molar-refractivity contribution < 1.29 is 43.2 Å². The Morgan fingerprint density at radius 3 is 2.50 bits per heavy atom. The number of nitrogens with zero attached hydrogens (tertiary/aromatic N) is 1. The van der Waals surface area contributed by atoms with E-state index in [1.165, 1.54) is 20.2 Å². The highest BCUT2D eigenvalue weighted by atomic mass is 79.9. The smallest absolute Gasteiger partial charge is 0.337 e. The number of hydrazone groups is 1. The Morgan fingerprint density at radius 1 is 1.12 bits per heavy atom. The van der Waals surface area contributed by atoms with E-state index >= 15 is 0 Å². The number of benzene rings is 2. The zero-order valence-electron chi connectivity index (χ0n) is 23.8. The molecule has 42 heavy (non-hydrogen) atoms. The quantitative estimate of drug-likeness (QED) is 0.0832. The molecular weight excluding hydrogens is 616 g/mol. The van der Waals surface area contributed by atoms with Crippen LogP contribution in [0.25, 0.3) is 0 Å². The highest BCUT2D eigenvalue weighted by Crippen LogP contribution is 2.37. The van der Waals surface area contributed by atoms with Crippen molar-refractivity contribution in [3.8, 4) is 23.0 Å². The van der Waals surface area contributed by atoms with Crippen LogP contribution >= 0.6 is 15.9 Å². The van der Waals surface area contributed by atoms with Gasteiger partial charge in [0.05, 0.1) is 42.6 Å². The number of carbonyl (C=O) groups excluding carboxylic acids is 3. The minimum atomic E-state index is -1.19.